The maximum atomic E-state index is 11.4. The fourth-order valence-electron chi connectivity index (χ4n) is 1.51. The molecule has 2 rings (SSSR count). The smallest absolute Gasteiger partial charge is 0.253 e. The molecule has 0 aliphatic rings. The minimum Gasteiger partial charge on any atom is -0.253 e. The lowest BCUT2D eigenvalue weighted by Crippen LogP contribution is -2.19. The molecule has 20 heavy (non-hydrogen) atoms. The zero-order valence-corrected chi connectivity index (χ0v) is 12.4. The van der Waals surface area contributed by atoms with E-state index in [-0.39, 0.29) is 0 Å². The number of carbonyl (C=O) groups is 1. The van der Waals surface area contributed by atoms with Crippen LogP contribution in [-0.2, 0) is 0 Å². The molecule has 0 saturated carbocycles. The van der Waals surface area contributed by atoms with Gasteiger partial charge in [0, 0.05) is 10.6 Å². The molecule has 0 aliphatic carbocycles. The fraction of sp³-hybridized carbons (Fsp3) is 0. The Hall–Kier alpha value is -1.55. The van der Waals surface area contributed by atoms with Gasteiger partial charge in [0.15, 0.2) is 0 Å². The number of hydrogen-bond donors (Lipinski definition) is 0. The molecule has 0 aromatic heterocycles. The summed E-state index contributed by atoms with van der Waals surface area (Å²) in [4.78, 5) is 11.4. The number of amides is 1. The molecule has 6 heteroatoms. The molecule has 3 nitrogen and oxygen atoms in total. The van der Waals surface area contributed by atoms with Crippen molar-refractivity contribution in [2.75, 3.05) is 5.01 Å². The van der Waals surface area contributed by atoms with Gasteiger partial charge in [-0.05, 0) is 35.9 Å². The van der Waals surface area contributed by atoms with Crippen LogP contribution in [0.2, 0.25) is 10.0 Å². The predicted octanol–water partition coefficient (Wildman–Crippen LogP) is 5.19. The summed E-state index contributed by atoms with van der Waals surface area (Å²) in [5.74, 6) is 0. The van der Waals surface area contributed by atoms with E-state index in [4.69, 9.17) is 34.8 Å². The van der Waals surface area contributed by atoms with Gasteiger partial charge in [-0.25, -0.2) is 0 Å². The molecule has 0 radical (unpaired) electrons. The highest BCUT2D eigenvalue weighted by Crippen LogP contribution is 2.20. The summed E-state index contributed by atoms with van der Waals surface area (Å²) in [5, 5.41) is 5.39. The van der Waals surface area contributed by atoms with E-state index in [9.17, 15) is 4.79 Å². The molecule has 0 unspecified atom stereocenters. The molecule has 0 fully saturated rings. The van der Waals surface area contributed by atoms with Crippen LogP contribution in [0.1, 0.15) is 5.56 Å². The molecule has 0 atom stereocenters. The molecule has 2 aromatic carbocycles. The number of rotatable bonds is 3. The van der Waals surface area contributed by atoms with Gasteiger partial charge in [0.2, 0.25) is 0 Å². The Morgan fingerprint density at radius 1 is 1.10 bits per heavy atom. The van der Waals surface area contributed by atoms with Crippen LogP contribution >= 0.6 is 34.8 Å². The monoisotopic (exact) mass is 326 g/mol. The first-order chi connectivity index (χ1) is 9.58. The molecule has 0 heterocycles. The van der Waals surface area contributed by atoms with E-state index in [1.54, 1.807) is 42.5 Å². The molecule has 0 saturated heterocycles. The number of carbonyl (C=O) groups excluding carboxylic acids is 1. The molecule has 0 bridgehead atoms. The van der Waals surface area contributed by atoms with E-state index in [0.717, 1.165) is 5.01 Å². The van der Waals surface area contributed by atoms with Gasteiger partial charge >= 0.3 is 5.37 Å². The van der Waals surface area contributed by atoms with Gasteiger partial charge in [-0.15, -0.1) is 0 Å². The van der Waals surface area contributed by atoms with Crippen LogP contribution in [-0.4, -0.2) is 11.6 Å². The van der Waals surface area contributed by atoms with Crippen molar-refractivity contribution in [2.45, 2.75) is 0 Å². The van der Waals surface area contributed by atoms with Gasteiger partial charge in [-0.3, -0.25) is 4.79 Å². The quantitative estimate of drug-likeness (QED) is 0.330. The van der Waals surface area contributed by atoms with Crippen molar-refractivity contribution < 1.29 is 4.79 Å². The SMILES string of the molecule is O=C(Cl)N(/N=C/c1ccc(Cl)cc1Cl)c1ccccc1. The van der Waals surface area contributed by atoms with Crippen LogP contribution in [0.25, 0.3) is 0 Å². The van der Waals surface area contributed by atoms with E-state index < -0.39 is 5.37 Å². The number of hydrazone groups is 1. The number of para-hydroxylation sites is 1. The Morgan fingerprint density at radius 2 is 1.80 bits per heavy atom. The number of nitrogens with zero attached hydrogens (tertiary/aromatic N) is 2. The van der Waals surface area contributed by atoms with E-state index in [1.165, 1.54) is 6.21 Å². The molecule has 102 valence electrons. The van der Waals surface area contributed by atoms with E-state index in [2.05, 4.69) is 5.10 Å². The van der Waals surface area contributed by atoms with Crippen molar-refractivity contribution in [3.8, 4) is 0 Å². The van der Waals surface area contributed by atoms with E-state index in [0.29, 0.717) is 21.3 Å². The number of hydrogen-bond acceptors (Lipinski definition) is 2. The zero-order valence-electron chi connectivity index (χ0n) is 10.1. The number of halogens is 3. The largest absolute Gasteiger partial charge is 0.341 e. The van der Waals surface area contributed by atoms with Crippen molar-refractivity contribution in [3.05, 3.63) is 64.1 Å². The van der Waals surface area contributed by atoms with Gasteiger partial charge in [0.25, 0.3) is 0 Å². The van der Waals surface area contributed by atoms with Gasteiger partial charge in [-0.2, -0.15) is 10.1 Å². The Kier molecular flexibility index (Phi) is 5.01. The molecular formula is C14H9Cl3N2O. The third kappa shape index (κ3) is 3.73. The van der Waals surface area contributed by atoms with Crippen LogP contribution in [0.4, 0.5) is 10.5 Å². The molecular weight excluding hydrogens is 319 g/mol. The molecule has 0 spiro atoms. The molecule has 0 aliphatic heterocycles. The highest BCUT2D eigenvalue weighted by molar-refractivity contribution is 6.66. The van der Waals surface area contributed by atoms with Crippen molar-refractivity contribution in [1.29, 1.82) is 0 Å². The first-order valence-electron chi connectivity index (χ1n) is 5.61. The standard InChI is InChI=1S/C14H9Cl3N2O/c15-11-7-6-10(13(16)8-11)9-18-19(14(17)20)12-4-2-1-3-5-12/h1-9H/b18-9+. The molecule has 0 N–H and O–H groups in total. The van der Waals surface area contributed by atoms with Crippen LogP contribution in [0.15, 0.2) is 53.6 Å². The van der Waals surface area contributed by atoms with Crippen molar-refractivity contribution in [3.63, 3.8) is 0 Å². The van der Waals surface area contributed by atoms with E-state index >= 15 is 0 Å². The van der Waals surface area contributed by atoms with Gasteiger partial charge < -0.3 is 0 Å². The normalized spacial score (nSPS) is 10.8. The second kappa shape index (κ2) is 6.75. The third-order valence-corrected chi connectivity index (χ3v) is 3.16. The first kappa shape index (κ1) is 14.9. The minimum absolute atomic E-state index is 0.441. The minimum atomic E-state index is -0.711. The van der Waals surface area contributed by atoms with Crippen molar-refractivity contribution in [2.24, 2.45) is 5.10 Å². The third-order valence-electron chi connectivity index (χ3n) is 2.44. The Labute approximate surface area is 131 Å². The average Bonchev–Trinajstić information content (AvgIpc) is 2.42. The van der Waals surface area contributed by atoms with Crippen LogP contribution in [0.3, 0.4) is 0 Å². The topological polar surface area (TPSA) is 32.7 Å². The van der Waals surface area contributed by atoms with E-state index in [1.807, 2.05) is 6.07 Å². The van der Waals surface area contributed by atoms with Gasteiger partial charge in [0.05, 0.1) is 16.9 Å². The lowest BCUT2D eigenvalue weighted by atomic mass is 10.2. The number of benzene rings is 2. The highest BCUT2D eigenvalue weighted by Gasteiger charge is 2.11. The zero-order chi connectivity index (χ0) is 14.5. The van der Waals surface area contributed by atoms with Crippen LogP contribution in [0.5, 0.6) is 0 Å². The fourth-order valence-corrected chi connectivity index (χ4v) is 2.11. The number of anilines is 1. The van der Waals surface area contributed by atoms with Crippen LogP contribution < -0.4 is 5.01 Å². The molecule has 2 aromatic rings. The van der Waals surface area contributed by atoms with Crippen molar-refractivity contribution in [1.82, 2.24) is 0 Å². The average molecular weight is 328 g/mol. The predicted molar refractivity (Wildman–Crippen MR) is 84.2 cm³/mol. The summed E-state index contributed by atoms with van der Waals surface area (Å²) in [7, 11) is 0. The van der Waals surface area contributed by atoms with Crippen molar-refractivity contribution >= 4 is 52.1 Å². The molecule has 1 amide bonds. The Balaban J connectivity index is 2.29. The highest BCUT2D eigenvalue weighted by atomic mass is 35.5. The summed E-state index contributed by atoms with van der Waals surface area (Å²) < 4.78 is 0. The second-order valence-electron chi connectivity index (χ2n) is 3.81. The summed E-state index contributed by atoms with van der Waals surface area (Å²) in [6.07, 6.45) is 1.45. The summed E-state index contributed by atoms with van der Waals surface area (Å²) >= 11 is 17.4. The van der Waals surface area contributed by atoms with Gasteiger partial charge in [-0.1, -0.05) is 47.5 Å². The summed E-state index contributed by atoms with van der Waals surface area (Å²) in [6, 6.07) is 13.8. The first-order valence-corrected chi connectivity index (χ1v) is 6.75. The summed E-state index contributed by atoms with van der Waals surface area (Å²) in [6.45, 7) is 0. The van der Waals surface area contributed by atoms with Gasteiger partial charge in [0.1, 0.15) is 0 Å². The summed E-state index contributed by atoms with van der Waals surface area (Å²) in [5.41, 5.74) is 1.20. The second-order valence-corrected chi connectivity index (χ2v) is 4.98. The maximum Gasteiger partial charge on any atom is 0.341 e. The lowest BCUT2D eigenvalue weighted by molar-refractivity contribution is 0.264. The Bertz CT molecular complexity index is 644. The van der Waals surface area contributed by atoms with Crippen LogP contribution in [0, 0.1) is 0 Å². The maximum absolute atomic E-state index is 11.4. The Morgan fingerprint density at radius 3 is 2.40 bits per heavy atom. The lowest BCUT2D eigenvalue weighted by Gasteiger charge is -2.13.